The van der Waals surface area contributed by atoms with Crippen LogP contribution in [0.4, 0.5) is 5.82 Å². The molecule has 1 aromatic heterocycles. The number of ether oxygens (including phenoxy) is 1. The van der Waals surface area contributed by atoms with E-state index in [9.17, 15) is 0 Å². The zero-order valence-electron chi connectivity index (χ0n) is 11.6. The Hall–Kier alpha value is -1.81. The molecule has 0 bridgehead atoms. The van der Waals surface area contributed by atoms with E-state index in [2.05, 4.69) is 21.4 Å². The Morgan fingerprint density at radius 2 is 2.10 bits per heavy atom. The molecule has 21 heavy (non-hydrogen) atoms. The highest BCUT2D eigenvalue weighted by atomic mass is 35.5. The van der Waals surface area contributed by atoms with E-state index in [-0.39, 0.29) is 6.10 Å². The molecule has 0 amide bonds. The molecule has 1 unspecified atom stereocenters. The van der Waals surface area contributed by atoms with Gasteiger partial charge in [0.15, 0.2) is 0 Å². The average molecular weight is 302 g/mol. The van der Waals surface area contributed by atoms with Crippen molar-refractivity contribution < 1.29 is 4.74 Å². The molecule has 1 saturated carbocycles. The lowest BCUT2D eigenvalue weighted by Crippen LogP contribution is -2.24. The Bertz CT molecular complexity index is 647. The first-order chi connectivity index (χ1) is 10.3. The van der Waals surface area contributed by atoms with Crippen LogP contribution in [-0.4, -0.2) is 22.6 Å². The molecular formula is C16H16ClN3O. The first kappa shape index (κ1) is 12.9. The summed E-state index contributed by atoms with van der Waals surface area (Å²) in [6, 6.07) is 9.95. The molecule has 2 aromatic rings. The number of para-hydroxylation sites is 1. The summed E-state index contributed by atoms with van der Waals surface area (Å²) in [5.74, 6) is 3.14. The number of benzene rings is 1. The van der Waals surface area contributed by atoms with Gasteiger partial charge in [-0.25, -0.2) is 9.97 Å². The molecule has 2 heterocycles. The minimum Gasteiger partial charge on any atom is -0.488 e. The standard InChI is InChI=1S/C16H16ClN3O/c17-14-8-15(20-16(19-14)10-5-6-10)18-9-12-7-11-3-1-2-4-13(11)21-12/h1-4,8,10,12H,5-7,9H2,(H,18,19,20). The van der Waals surface area contributed by atoms with Gasteiger partial charge in [-0.1, -0.05) is 29.8 Å². The van der Waals surface area contributed by atoms with Crippen molar-refractivity contribution in [1.82, 2.24) is 9.97 Å². The Morgan fingerprint density at radius 3 is 2.90 bits per heavy atom. The Labute approximate surface area is 128 Å². The van der Waals surface area contributed by atoms with Crippen molar-refractivity contribution in [3.05, 3.63) is 46.9 Å². The lowest BCUT2D eigenvalue weighted by molar-refractivity contribution is 0.246. The zero-order valence-corrected chi connectivity index (χ0v) is 12.3. The molecule has 1 aromatic carbocycles. The van der Waals surface area contributed by atoms with E-state index in [1.54, 1.807) is 6.07 Å². The molecule has 4 nitrogen and oxygen atoms in total. The minimum absolute atomic E-state index is 0.139. The van der Waals surface area contributed by atoms with Crippen LogP contribution in [0.5, 0.6) is 5.75 Å². The Balaban J connectivity index is 1.41. The normalized spacial score (nSPS) is 20.0. The fourth-order valence-corrected chi connectivity index (χ4v) is 2.83. The van der Waals surface area contributed by atoms with Crippen LogP contribution in [-0.2, 0) is 6.42 Å². The van der Waals surface area contributed by atoms with Crippen LogP contribution in [0.2, 0.25) is 5.15 Å². The third kappa shape index (κ3) is 2.81. The number of nitrogens with one attached hydrogen (secondary N) is 1. The average Bonchev–Trinajstić information content (AvgIpc) is 3.24. The number of nitrogens with zero attached hydrogens (tertiary/aromatic N) is 2. The van der Waals surface area contributed by atoms with Gasteiger partial charge in [0.25, 0.3) is 0 Å². The summed E-state index contributed by atoms with van der Waals surface area (Å²) in [7, 11) is 0. The van der Waals surface area contributed by atoms with Gasteiger partial charge >= 0.3 is 0 Å². The van der Waals surface area contributed by atoms with Crippen molar-refractivity contribution in [2.75, 3.05) is 11.9 Å². The molecule has 1 aliphatic heterocycles. The highest BCUT2D eigenvalue weighted by Crippen LogP contribution is 2.38. The number of rotatable bonds is 4. The maximum Gasteiger partial charge on any atom is 0.135 e. The van der Waals surface area contributed by atoms with Crippen LogP contribution in [0.15, 0.2) is 30.3 Å². The molecule has 0 saturated heterocycles. The summed E-state index contributed by atoms with van der Waals surface area (Å²) in [6.07, 6.45) is 3.40. The molecule has 5 heteroatoms. The molecule has 0 radical (unpaired) electrons. The van der Waals surface area contributed by atoms with Gasteiger partial charge in [0.2, 0.25) is 0 Å². The van der Waals surface area contributed by atoms with Crippen molar-refractivity contribution in [3.63, 3.8) is 0 Å². The van der Waals surface area contributed by atoms with Crippen LogP contribution in [0, 0.1) is 0 Å². The van der Waals surface area contributed by atoms with Crippen molar-refractivity contribution in [3.8, 4) is 5.75 Å². The molecule has 4 rings (SSSR count). The van der Waals surface area contributed by atoms with Crippen LogP contribution >= 0.6 is 11.6 Å². The van der Waals surface area contributed by atoms with E-state index in [1.807, 2.05) is 18.2 Å². The Kier molecular flexibility index (Phi) is 3.19. The van der Waals surface area contributed by atoms with Crippen LogP contribution in [0.25, 0.3) is 0 Å². The fraction of sp³-hybridized carbons (Fsp3) is 0.375. The molecule has 1 aliphatic carbocycles. The molecule has 0 spiro atoms. The van der Waals surface area contributed by atoms with Crippen molar-refractivity contribution in [1.29, 1.82) is 0 Å². The first-order valence-electron chi connectivity index (χ1n) is 7.31. The quantitative estimate of drug-likeness (QED) is 0.879. The number of anilines is 1. The van der Waals surface area contributed by atoms with Gasteiger partial charge in [0.1, 0.15) is 28.6 Å². The number of fused-ring (bicyclic) bond motifs is 1. The zero-order chi connectivity index (χ0) is 14.2. The predicted octanol–water partition coefficient (Wildman–Crippen LogP) is 3.42. The molecule has 1 atom stereocenters. The van der Waals surface area contributed by atoms with Gasteiger partial charge in [-0.3, -0.25) is 0 Å². The van der Waals surface area contributed by atoms with Gasteiger partial charge in [-0.05, 0) is 24.5 Å². The van der Waals surface area contributed by atoms with Gasteiger partial charge in [-0.2, -0.15) is 0 Å². The summed E-state index contributed by atoms with van der Waals surface area (Å²) in [5.41, 5.74) is 1.27. The van der Waals surface area contributed by atoms with Gasteiger partial charge in [0.05, 0.1) is 6.54 Å². The first-order valence-corrected chi connectivity index (χ1v) is 7.68. The van der Waals surface area contributed by atoms with E-state index in [4.69, 9.17) is 16.3 Å². The maximum absolute atomic E-state index is 6.07. The van der Waals surface area contributed by atoms with E-state index in [0.29, 0.717) is 17.6 Å². The van der Waals surface area contributed by atoms with E-state index in [1.165, 1.54) is 18.4 Å². The molecule has 108 valence electrons. The number of hydrogen-bond acceptors (Lipinski definition) is 4. The Morgan fingerprint density at radius 1 is 1.24 bits per heavy atom. The molecule has 1 N–H and O–H groups in total. The van der Waals surface area contributed by atoms with Gasteiger partial charge < -0.3 is 10.1 Å². The topological polar surface area (TPSA) is 47.0 Å². The summed E-state index contributed by atoms with van der Waals surface area (Å²) < 4.78 is 5.91. The maximum atomic E-state index is 6.07. The van der Waals surface area contributed by atoms with Crippen molar-refractivity contribution >= 4 is 17.4 Å². The highest BCUT2D eigenvalue weighted by Gasteiger charge is 2.27. The predicted molar refractivity (Wildman–Crippen MR) is 82.1 cm³/mol. The lowest BCUT2D eigenvalue weighted by atomic mass is 10.1. The second kappa shape index (κ2) is 5.19. The second-order valence-electron chi connectivity index (χ2n) is 5.64. The summed E-state index contributed by atoms with van der Waals surface area (Å²) in [6.45, 7) is 0.714. The van der Waals surface area contributed by atoms with Crippen LogP contribution in [0.3, 0.4) is 0 Å². The minimum atomic E-state index is 0.139. The lowest BCUT2D eigenvalue weighted by Gasteiger charge is -2.13. The van der Waals surface area contributed by atoms with E-state index in [0.717, 1.165) is 23.8 Å². The largest absolute Gasteiger partial charge is 0.488 e. The number of aromatic nitrogens is 2. The highest BCUT2D eigenvalue weighted by molar-refractivity contribution is 6.29. The number of hydrogen-bond donors (Lipinski definition) is 1. The van der Waals surface area contributed by atoms with Gasteiger partial charge in [0, 0.05) is 18.4 Å². The van der Waals surface area contributed by atoms with E-state index >= 15 is 0 Å². The molecule has 2 aliphatic rings. The number of halogens is 1. The summed E-state index contributed by atoms with van der Waals surface area (Å²) in [4.78, 5) is 8.83. The molecule has 1 fully saturated rings. The van der Waals surface area contributed by atoms with E-state index < -0.39 is 0 Å². The third-order valence-corrected chi connectivity index (χ3v) is 4.07. The third-order valence-electron chi connectivity index (χ3n) is 3.88. The monoisotopic (exact) mass is 301 g/mol. The van der Waals surface area contributed by atoms with Crippen molar-refractivity contribution in [2.45, 2.75) is 31.3 Å². The van der Waals surface area contributed by atoms with Gasteiger partial charge in [-0.15, -0.1) is 0 Å². The van der Waals surface area contributed by atoms with Crippen molar-refractivity contribution in [2.24, 2.45) is 0 Å². The SMILES string of the molecule is Clc1cc(NCC2Cc3ccccc3O2)nc(C2CC2)n1. The fourth-order valence-electron chi connectivity index (χ4n) is 2.64. The molecular weight excluding hydrogens is 286 g/mol. The smallest absolute Gasteiger partial charge is 0.135 e. The second-order valence-corrected chi connectivity index (χ2v) is 6.03. The summed E-state index contributed by atoms with van der Waals surface area (Å²) in [5, 5.41) is 3.83. The van der Waals surface area contributed by atoms with Crippen LogP contribution < -0.4 is 10.1 Å². The van der Waals surface area contributed by atoms with Crippen LogP contribution in [0.1, 0.15) is 30.1 Å². The summed E-state index contributed by atoms with van der Waals surface area (Å²) >= 11 is 6.07.